The number of aromatic hydroxyl groups is 2. The van der Waals surface area contributed by atoms with Gasteiger partial charge in [0.25, 0.3) is 0 Å². The van der Waals surface area contributed by atoms with Crippen molar-refractivity contribution in [1.29, 1.82) is 0 Å². The fourth-order valence-electron chi connectivity index (χ4n) is 5.80. The van der Waals surface area contributed by atoms with E-state index in [1.54, 1.807) is 12.1 Å². The zero-order valence-electron chi connectivity index (χ0n) is 22.0. The van der Waals surface area contributed by atoms with Gasteiger partial charge in [0, 0.05) is 49.1 Å². The van der Waals surface area contributed by atoms with Crippen molar-refractivity contribution >= 4 is 0 Å². The molecule has 4 aromatic carbocycles. The van der Waals surface area contributed by atoms with Crippen LogP contribution in [0.15, 0.2) is 109 Å². The molecule has 0 radical (unpaired) electrons. The summed E-state index contributed by atoms with van der Waals surface area (Å²) in [5.41, 5.74) is 4.52. The number of hydrogen-bond donors (Lipinski definition) is 2. The van der Waals surface area contributed by atoms with Crippen LogP contribution in [0.1, 0.15) is 46.9 Å². The lowest BCUT2D eigenvalue weighted by molar-refractivity contribution is 0.128. The summed E-state index contributed by atoms with van der Waals surface area (Å²) < 4.78 is 0. The molecule has 2 N–H and O–H groups in total. The Hall–Kier alpha value is -3.60. The third-order valence-electron chi connectivity index (χ3n) is 7.96. The first kappa shape index (κ1) is 26.0. The molecular formula is C34H38N2O2. The average Bonchev–Trinajstić information content (AvgIpc) is 2.97. The molecule has 38 heavy (non-hydrogen) atoms. The largest absolute Gasteiger partial charge is 0.508 e. The van der Waals surface area contributed by atoms with Crippen LogP contribution in [0.3, 0.4) is 0 Å². The number of benzene rings is 4. The third-order valence-corrected chi connectivity index (χ3v) is 7.96. The summed E-state index contributed by atoms with van der Waals surface area (Å²) in [4.78, 5) is 5.12. The Bertz CT molecular complexity index is 1170. The minimum absolute atomic E-state index is 0.181. The van der Waals surface area contributed by atoms with Crippen LogP contribution >= 0.6 is 0 Å². The number of piperazine rings is 1. The molecule has 0 aromatic heterocycles. The number of phenolic OH excluding ortho intramolecular Hbond substituents is 2. The number of nitrogens with zero attached hydrogens (tertiary/aromatic N) is 2. The van der Waals surface area contributed by atoms with Gasteiger partial charge in [-0.25, -0.2) is 0 Å². The van der Waals surface area contributed by atoms with E-state index < -0.39 is 0 Å². The number of rotatable bonds is 10. The van der Waals surface area contributed by atoms with E-state index >= 15 is 0 Å². The summed E-state index contributed by atoms with van der Waals surface area (Å²) in [7, 11) is 0. The molecule has 4 nitrogen and oxygen atoms in total. The first-order chi connectivity index (χ1) is 18.7. The van der Waals surface area contributed by atoms with Gasteiger partial charge >= 0.3 is 0 Å². The van der Waals surface area contributed by atoms with E-state index in [1.807, 2.05) is 36.4 Å². The molecule has 4 aromatic rings. The first-order valence-corrected chi connectivity index (χ1v) is 13.8. The normalized spacial score (nSPS) is 16.2. The summed E-state index contributed by atoms with van der Waals surface area (Å²) >= 11 is 0. The highest BCUT2D eigenvalue weighted by molar-refractivity contribution is 5.42. The topological polar surface area (TPSA) is 46.9 Å². The molecule has 0 bridgehead atoms. The second kappa shape index (κ2) is 12.8. The molecule has 0 aliphatic carbocycles. The zero-order valence-corrected chi connectivity index (χ0v) is 22.0. The van der Waals surface area contributed by atoms with E-state index in [2.05, 4.69) is 70.5 Å². The van der Waals surface area contributed by atoms with Crippen molar-refractivity contribution in [1.82, 2.24) is 9.80 Å². The molecular weight excluding hydrogens is 468 g/mol. The minimum Gasteiger partial charge on any atom is -0.508 e. The van der Waals surface area contributed by atoms with Crippen molar-refractivity contribution in [3.05, 3.63) is 131 Å². The Morgan fingerprint density at radius 1 is 0.474 bits per heavy atom. The fourth-order valence-corrected chi connectivity index (χ4v) is 5.80. The van der Waals surface area contributed by atoms with Crippen molar-refractivity contribution in [2.24, 2.45) is 0 Å². The summed E-state index contributed by atoms with van der Waals surface area (Å²) in [5, 5.41) is 21.1. The van der Waals surface area contributed by atoms with Gasteiger partial charge in [0.15, 0.2) is 0 Å². The van der Waals surface area contributed by atoms with Crippen LogP contribution in [-0.4, -0.2) is 59.3 Å². The van der Waals surface area contributed by atoms with Crippen molar-refractivity contribution in [2.75, 3.05) is 39.3 Å². The maximum Gasteiger partial charge on any atom is 0.119 e. The summed E-state index contributed by atoms with van der Waals surface area (Å²) in [6.45, 7) is 6.21. The highest BCUT2D eigenvalue weighted by atomic mass is 16.3. The van der Waals surface area contributed by atoms with Crippen molar-refractivity contribution < 1.29 is 10.2 Å². The van der Waals surface area contributed by atoms with E-state index in [9.17, 15) is 10.2 Å². The standard InChI is InChI=1S/C34H38N2O2/c37-33-17-9-7-15-31(33)29(27-11-3-1-4-12-27)19-21-35-23-25-36(26-24-35)22-20-30(28-13-5-2-6-14-28)32-16-8-10-18-34(32)38/h1-18,29-30,37-38H,19-26H2/t29-,30-/m1/s1. The molecule has 0 spiro atoms. The van der Waals surface area contributed by atoms with Gasteiger partial charge in [-0.15, -0.1) is 0 Å². The van der Waals surface area contributed by atoms with Gasteiger partial charge in [-0.05, 0) is 49.2 Å². The Kier molecular flexibility index (Phi) is 8.75. The highest BCUT2D eigenvalue weighted by Gasteiger charge is 2.23. The molecule has 5 rings (SSSR count). The fraction of sp³-hybridized carbons (Fsp3) is 0.294. The number of hydrogen-bond acceptors (Lipinski definition) is 4. The smallest absolute Gasteiger partial charge is 0.119 e. The summed E-state index contributed by atoms with van der Waals surface area (Å²) in [6.07, 6.45) is 1.95. The first-order valence-electron chi connectivity index (χ1n) is 13.8. The Morgan fingerprint density at radius 2 is 0.816 bits per heavy atom. The van der Waals surface area contributed by atoms with Crippen molar-refractivity contribution in [3.8, 4) is 11.5 Å². The summed E-state index contributed by atoms with van der Waals surface area (Å²) in [5.74, 6) is 1.12. The Balaban J connectivity index is 1.18. The minimum atomic E-state index is 0.181. The summed E-state index contributed by atoms with van der Waals surface area (Å²) in [6, 6.07) is 36.6. The van der Waals surface area contributed by atoms with E-state index in [-0.39, 0.29) is 11.8 Å². The Morgan fingerprint density at radius 3 is 1.18 bits per heavy atom. The molecule has 1 fully saturated rings. The predicted molar refractivity (Wildman–Crippen MR) is 155 cm³/mol. The quantitative estimate of drug-likeness (QED) is 0.259. The lowest BCUT2D eigenvalue weighted by Gasteiger charge is -2.36. The second-order valence-electron chi connectivity index (χ2n) is 10.3. The van der Waals surface area contributed by atoms with Gasteiger partial charge in [0.05, 0.1) is 0 Å². The highest BCUT2D eigenvalue weighted by Crippen LogP contribution is 2.35. The van der Waals surface area contributed by atoms with Crippen molar-refractivity contribution in [3.63, 3.8) is 0 Å². The van der Waals surface area contributed by atoms with E-state index in [0.717, 1.165) is 63.2 Å². The Labute approximate surface area is 226 Å². The molecule has 0 amide bonds. The average molecular weight is 507 g/mol. The van der Waals surface area contributed by atoms with Crippen LogP contribution < -0.4 is 0 Å². The lowest BCUT2D eigenvalue weighted by atomic mass is 9.87. The van der Waals surface area contributed by atoms with Crippen molar-refractivity contribution in [2.45, 2.75) is 24.7 Å². The molecule has 0 saturated carbocycles. The van der Waals surface area contributed by atoms with Crippen LogP contribution in [0.5, 0.6) is 11.5 Å². The van der Waals surface area contributed by atoms with E-state index in [4.69, 9.17) is 0 Å². The maximum atomic E-state index is 10.6. The SMILES string of the molecule is Oc1ccccc1[C@H](CCN1CCN(CC[C@H](c2ccccc2)c2ccccc2O)CC1)c1ccccc1. The van der Waals surface area contributed by atoms with Crippen LogP contribution in [0.25, 0.3) is 0 Å². The van der Waals surface area contributed by atoms with Crippen LogP contribution in [-0.2, 0) is 0 Å². The molecule has 196 valence electrons. The van der Waals surface area contributed by atoms with Crippen LogP contribution in [0, 0.1) is 0 Å². The molecule has 0 unspecified atom stereocenters. The van der Waals surface area contributed by atoms with Gasteiger partial charge in [0.1, 0.15) is 11.5 Å². The zero-order chi connectivity index (χ0) is 26.2. The molecule has 1 aliphatic heterocycles. The molecule has 1 saturated heterocycles. The number of phenols is 2. The predicted octanol–water partition coefficient (Wildman–Crippen LogP) is 6.46. The van der Waals surface area contributed by atoms with E-state index in [1.165, 1.54) is 11.1 Å². The number of para-hydroxylation sites is 2. The van der Waals surface area contributed by atoms with Gasteiger partial charge in [-0.3, -0.25) is 0 Å². The van der Waals surface area contributed by atoms with Crippen LogP contribution in [0.4, 0.5) is 0 Å². The molecule has 2 atom stereocenters. The lowest BCUT2D eigenvalue weighted by Crippen LogP contribution is -2.47. The van der Waals surface area contributed by atoms with Gasteiger partial charge in [-0.1, -0.05) is 97.1 Å². The van der Waals surface area contributed by atoms with Crippen LogP contribution in [0.2, 0.25) is 0 Å². The van der Waals surface area contributed by atoms with E-state index in [0.29, 0.717) is 11.5 Å². The monoisotopic (exact) mass is 506 g/mol. The van der Waals surface area contributed by atoms with Gasteiger partial charge in [-0.2, -0.15) is 0 Å². The molecule has 1 aliphatic rings. The molecule has 4 heteroatoms. The van der Waals surface area contributed by atoms with Gasteiger partial charge in [0.2, 0.25) is 0 Å². The third kappa shape index (κ3) is 6.45. The second-order valence-corrected chi connectivity index (χ2v) is 10.3. The van der Waals surface area contributed by atoms with Gasteiger partial charge < -0.3 is 20.0 Å². The molecule has 1 heterocycles. The maximum absolute atomic E-state index is 10.6.